The molecule has 130 valence electrons. The van der Waals surface area contributed by atoms with E-state index in [1.54, 1.807) is 6.20 Å². The molecule has 6 nitrogen and oxygen atoms in total. The van der Waals surface area contributed by atoms with Gasteiger partial charge in [0.1, 0.15) is 18.9 Å². The van der Waals surface area contributed by atoms with E-state index in [4.69, 9.17) is 4.74 Å². The van der Waals surface area contributed by atoms with Crippen molar-refractivity contribution in [2.75, 3.05) is 26.2 Å². The molecule has 1 aliphatic heterocycles. The highest BCUT2D eigenvalue weighted by Crippen LogP contribution is 2.14. The molecule has 1 aromatic carbocycles. The van der Waals surface area contributed by atoms with Crippen molar-refractivity contribution in [2.45, 2.75) is 31.5 Å². The van der Waals surface area contributed by atoms with Gasteiger partial charge in [0.2, 0.25) is 5.88 Å². The molecule has 1 saturated heterocycles. The minimum absolute atomic E-state index is 0.241. The number of likely N-dealkylation sites (tertiary alicyclic amines) is 1. The van der Waals surface area contributed by atoms with Gasteiger partial charge in [-0.2, -0.15) is 4.37 Å². The topological polar surface area (TPSA) is 70.5 Å². The van der Waals surface area contributed by atoms with E-state index in [9.17, 15) is 5.11 Å². The van der Waals surface area contributed by atoms with Crippen molar-refractivity contribution >= 4 is 11.7 Å². The van der Waals surface area contributed by atoms with Gasteiger partial charge >= 0.3 is 0 Å². The number of rotatable bonds is 8. The first-order valence-electron chi connectivity index (χ1n) is 8.37. The predicted octanol–water partition coefficient (Wildman–Crippen LogP) is 1.53. The molecule has 0 saturated carbocycles. The summed E-state index contributed by atoms with van der Waals surface area (Å²) >= 11 is 1.10. The SMILES string of the molecule is OC(CNC1CCN(Cc2ccccc2)CC1)COc1cnsn1. The monoisotopic (exact) mass is 348 g/mol. The zero-order valence-electron chi connectivity index (χ0n) is 13.7. The standard InChI is InChI=1S/C17H24N4O2S/c22-16(13-23-17-11-19-24-20-17)10-18-15-6-8-21(9-7-15)12-14-4-2-1-3-5-14/h1-5,11,15-16,18,22H,6-10,12-13H2. The zero-order chi connectivity index (χ0) is 16.6. The molecule has 2 aromatic rings. The summed E-state index contributed by atoms with van der Waals surface area (Å²) in [4.78, 5) is 2.49. The van der Waals surface area contributed by atoms with Crippen molar-refractivity contribution in [3.8, 4) is 5.88 Å². The second-order valence-corrected chi connectivity index (χ2v) is 6.71. The third-order valence-corrected chi connectivity index (χ3v) is 4.70. The number of nitrogens with zero attached hydrogens (tertiary/aromatic N) is 3. The third-order valence-electron chi connectivity index (χ3n) is 4.24. The molecule has 3 rings (SSSR count). The number of aliphatic hydroxyl groups excluding tert-OH is 1. The summed E-state index contributed by atoms with van der Waals surface area (Å²) < 4.78 is 13.2. The van der Waals surface area contributed by atoms with Gasteiger partial charge in [-0.05, 0) is 31.5 Å². The van der Waals surface area contributed by atoms with Crippen LogP contribution in [0.2, 0.25) is 0 Å². The maximum Gasteiger partial charge on any atom is 0.245 e. The number of nitrogens with one attached hydrogen (secondary N) is 1. The molecule has 0 bridgehead atoms. The van der Waals surface area contributed by atoms with Gasteiger partial charge in [0.15, 0.2) is 0 Å². The van der Waals surface area contributed by atoms with Crippen LogP contribution in [0.5, 0.6) is 5.88 Å². The first-order valence-corrected chi connectivity index (χ1v) is 9.11. The normalized spacial score (nSPS) is 17.7. The Morgan fingerprint density at radius 2 is 2.08 bits per heavy atom. The molecule has 0 spiro atoms. The van der Waals surface area contributed by atoms with Crippen LogP contribution in [0.1, 0.15) is 18.4 Å². The summed E-state index contributed by atoms with van der Waals surface area (Å²) in [6.45, 7) is 3.98. The van der Waals surface area contributed by atoms with Gasteiger partial charge in [-0.1, -0.05) is 30.3 Å². The Labute approximate surface area is 146 Å². The van der Waals surface area contributed by atoms with Gasteiger partial charge in [0, 0.05) is 19.1 Å². The molecule has 24 heavy (non-hydrogen) atoms. The first kappa shape index (κ1) is 17.3. The van der Waals surface area contributed by atoms with Crippen molar-refractivity contribution in [1.29, 1.82) is 0 Å². The van der Waals surface area contributed by atoms with Gasteiger partial charge in [0.05, 0.1) is 11.7 Å². The number of ether oxygens (including phenoxy) is 1. The Morgan fingerprint density at radius 3 is 2.79 bits per heavy atom. The lowest BCUT2D eigenvalue weighted by atomic mass is 10.0. The second-order valence-electron chi connectivity index (χ2n) is 6.15. The summed E-state index contributed by atoms with van der Waals surface area (Å²) in [6.07, 6.45) is 3.24. The largest absolute Gasteiger partial charge is 0.473 e. The van der Waals surface area contributed by atoms with Crippen LogP contribution in [0.3, 0.4) is 0 Å². The van der Waals surface area contributed by atoms with E-state index in [-0.39, 0.29) is 6.61 Å². The average molecular weight is 348 g/mol. The lowest BCUT2D eigenvalue weighted by Gasteiger charge is -2.32. The summed E-state index contributed by atoms with van der Waals surface area (Å²) in [7, 11) is 0. The van der Waals surface area contributed by atoms with E-state index >= 15 is 0 Å². The van der Waals surface area contributed by atoms with Crippen LogP contribution in [0.15, 0.2) is 36.5 Å². The Balaban J connectivity index is 1.30. The molecule has 1 unspecified atom stereocenters. The van der Waals surface area contributed by atoms with Crippen molar-refractivity contribution < 1.29 is 9.84 Å². The number of aliphatic hydroxyl groups is 1. The predicted molar refractivity (Wildman–Crippen MR) is 94.2 cm³/mol. The zero-order valence-corrected chi connectivity index (χ0v) is 14.5. The van der Waals surface area contributed by atoms with Crippen LogP contribution in [0, 0.1) is 0 Å². The summed E-state index contributed by atoms with van der Waals surface area (Å²) in [5, 5.41) is 13.4. The van der Waals surface area contributed by atoms with Crippen LogP contribution in [0.4, 0.5) is 0 Å². The van der Waals surface area contributed by atoms with E-state index in [1.807, 2.05) is 0 Å². The number of benzene rings is 1. The fraction of sp³-hybridized carbons (Fsp3) is 0.529. The molecule has 7 heteroatoms. The lowest BCUT2D eigenvalue weighted by Crippen LogP contribution is -2.45. The molecule has 0 aliphatic carbocycles. The quantitative estimate of drug-likeness (QED) is 0.754. The van der Waals surface area contributed by atoms with Crippen LogP contribution in [0.25, 0.3) is 0 Å². The van der Waals surface area contributed by atoms with E-state index in [1.165, 1.54) is 5.56 Å². The van der Waals surface area contributed by atoms with E-state index < -0.39 is 6.10 Å². The van der Waals surface area contributed by atoms with Crippen LogP contribution in [-0.2, 0) is 6.54 Å². The molecule has 1 fully saturated rings. The molecule has 1 atom stereocenters. The number of hydrogen-bond acceptors (Lipinski definition) is 7. The van der Waals surface area contributed by atoms with E-state index in [0.717, 1.165) is 44.2 Å². The first-order chi connectivity index (χ1) is 11.8. The highest BCUT2D eigenvalue weighted by Gasteiger charge is 2.19. The maximum absolute atomic E-state index is 9.98. The van der Waals surface area contributed by atoms with Crippen molar-refractivity contribution in [3.63, 3.8) is 0 Å². The minimum Gasteiger partial charge on any atom is -0.473 e. The Bertz CT molecular complexity index is 574. The fourth-order valence-electron chi connectivity index (χ4n) is 2.90. The molecular formula is C17H24N4O2S. The van der Waals surface area contributed by atoms with E-state index in [2.05, 4.69) is 49.3 Å². The maximum atomic E-state index is 9.98. The Morgan fingerprint density at radius 1 is 1.29 bits per heavy atom. The van der Waals surface area contributed by atoms with Crippen molar-refractivity contribution in [3.05, 3.63) is 42.1 Å². The Kier molecular flexibility index (Phi) is 6.54. The molecule has 0 amide bonds. The van der Waals surface area contributed by atoms with Crippen LogP contribution in [-0.4, -0.2) is 57.1 Å². The Hall–Kier alpha value is -1.54. The summed E-state index contributed by atoms with van der Waals surface area (Å²) in [6, 6.07) is 11.1. The molecule has 1 aliphatic rings. The molecule has 2 heterocycles. The fourth-order valence-corrected chi connectivity index (χ4v) is 3.26. The van der Waals surface area contributed by atoms with Crippen molar-refractivity contribution in [2.24, 2.45) is 0 Å². The van der Waals surface area contributed by atoms with E-state index in [0.29, 0.717) is 18.5 Å². The van der Waals surface area contributed by atoms with Gasteiger partial charge in [-0.3, -0.25) is 4.90 Å². The highest BCUT2D eigenvalue weighted by atomic mass is 32.1. The third kappa shape index (κ3) is 5.52. The molecule has 2 N–H and O–H groups in total. The highest BCUT2D eigenvalue weighted by molar-refractivity contribution is 6.99. The second kappa shape index (κ2) is 9.08. The van der Waals surface area contributed by atoms with Crippen LogP contribution < -0.4 is 10.1 Å². The van der Waals surface area contributed by atoms with Gasteiger partial charge in [0.25, 0.3) is 0 Å². The van der Waals surface area contributed by atoms with Crippen molar-refractivity contribution in [1.82, 2.24) is 19.0 Å². The van der Waals surface area contributed by atoms with Gasteiger partial charge < -0.3 is 15.2 Å². The molecule has 1 aromatic heterocycles. The summed E-state index contributed by atoms with van der Waals surface area (Å²) in [5.74, 6) is 0.480. The minimum atomic E-state index is -0.533. The number of piperidine rings is 1. The number of hydrogen-bond donors (Lipinski definition) is 2. The lowest BCUT2D eigenvalue weighted by molar-refractivity contribution is 0.0962. The summed E-state index contributed by atoms with van der Waals surface area (Å²) in [5.41, 5.74) is 1.37. The smallest absolute Gasteiger partial charge is 0.245 e. The number of aromatic nitrogens is 2. The molecule has 0 radical (unpaired) electrons. The van der Waals surface area contributed by atoms with Gasteiger partial charge in [-0.15, -0.1) is 4.37 Å². The van der Waals surface area contributed by atoms with Crippen LogP contribution >= 0.6 is 11.7 Å². The molecular weight excluding hydrogens is 324 g/mol. The van der Waals surface area contributed by atoms with Gasteiger partial charge in [-0.25, -0.2) is 0 Å². The average Bonchev–Trinajstić information content (AvgIpc) is 3.14.